The minimum absolute atomic E-state index is 0.769. The van der Waals surface area contributed by atoms with E-state index in [9.17, 15) is 0 Å². The minimum atomic E-state index is 0.769. The molecule has 12 aromatic carbocycles. The number of fused-ring (bicyclic) bond motifs is 9. The van der Waals surface area contributed by atoms with Crippen molar-refractivity contribution in [2.75, 3.05) is 19.6 Å². The Morgan fingerprint density at radius 2 is 0.667 bits per heavy atom. The standard InChI is InChI=1S/C74H56N4O2S/c1-45-15-25-51(26-16-45)75(52-27-17-46(2)18-28-52)55-33-37-64-68(41-55)79-67-13-9-8-12-63(67)77(64)73-58-35-23-50(6)40-62(58)74(59-36-24-49(5)39-61(59)73)78-65-38-34-56(76(53-29-19-47(3)20-30-53)54-31-21-48(4)22-32-54)42-69(65)80-70-43-60-57-11-7-10-14-71(57)81-72(60)44-66(70)78/h7-44H,1-6H3. The van der Waals surface area contributed by atoms with E-state index in [-0.39, 0.29) is 0 Å². The van der Waals surface area contributed by atoms with Gasteiger partial charge in [-0.2, -0.15) is 0 Å². The molecule has 0 bridgehead atoms. The van der Waals surface area contributed by atoms with Crippen LogP contribution in [0.5, 0.6) is 23.0 Å². The third-order valence-corrected chi connectivity index (χ3v) is 17.3. The molecule has 2 aliphatic rings. The molecule has 0 N–H and O–H groups in total. The van der Waals surface area contributed by atoms with Crippen LogP contribution in [0.15, 0.2) is 231 Å². The van der Waals surface area contributed by atoms with Crippen molar-refractivity contribution < 1.29 is 9.47 Å². The molecule has 0 fully saturated rings. The van der Waals surface area contributed by atoms with Gasteiger partial charge in [0.1, 0.15) is 0 Å². The molecule has 15 rings (SSSR count). The van der Waals surface area contributed by atoms with Crippen LogP contribution in [0.1, 0.15) is 33.4 Å². The quantitative estimate of drug-likeness (QED) is 0.141. The fraction of sp³-hybridized carbons (Fsp3) is 0.0811. The molecule has 0 atom stereocenters. The molecular weight excluding hydrogens is 1010 g/mol. The molecule has 3 heterocycles. The van der Waals surface area contributed by atoms with Gasteiger partial charge in [-0.1, -0.05) is 137 Å². The van der Waals surface area contributed by atoms with Gasteiger partial charge in [0.05, 0.1) is 34.1 Å². The maximum atomic E-state index is 7.32. The van der Waals surface area contributed by atoms with Crippen molar-refractivity contribution >= 4 is 121 Å². The molecule has 2 aliphatic heterocycles. The summed E-state index contributed by atoms with van der Waals surface area (Å²) in [5, 5.41) is 6.87. The van der Waals surface area contributed by atoms with E-state index >= 15 is 0 Å². The maximum absolute atomic E-state index is 7.32. The van der Waals surface area contributed by atoms with Crippen molar-refractivity contribution in [1.29, 1.82) is 0 Å². The number of hydrogen-bond acceptors (Lipinski definition) is 7. The molecule has 0 unspecified atom stereocenters. The molecular formula is C74H56N4O2S. The summed E-state index contributed by atoms with van der Waals surface area (Å²) < 4.78 is 16.8. The number of benzene rings is 12. The smallest absolute Gasteiger partial charge is 0.153 e. The van der Waals surface area contributed by atoms with Crippen LogP contribution in [0.4, 0.5) is 68.2 Å². The van der Waals surface area contributed by atoms with Crippen LogP contribution < -0.4 is 29.1 Å². The first-order valence-corrected chi connectivity index (χ1v) is 28.5. The third kappa shape index (κ3) is 8.14. The van der Waals surface area contributed by atoms with Crippen LogP contribution >= 0.6 is 11.3 Å². The zero-order chi connectivity index (χ0) is 54.6. The Hall–Kier alpha value is -9.82. The number of nitrogens with zero attached hydrogens (tertiary/aromatic N) is 4. The van der Waals surface area contributed by atoms with Crippen LogP contribution in [-0.2, 0) is 0 Å². The van der Waals surface area contributed by atoms with E-state index in [1.807, 2.05) is 11.3 Å². The lowest BCUT2D eigenvalue weighted by Gasteiger charge is -2.38. The zero-order valence-electron chi connectivity index (χ0n) is 46.0. The van der Waals surface area contributed by atoms with E-state index in [1.165, 1.54) is 42.4 Å². The van der Waals surface area contributed by atoms with Gasteiger partial charge >= 0.3 is 0 Å². The lowest BCUT2D eigenvalue weighted by atomic mass is 9.92. The molecule has 390 valence electrons. The second-order valence-electron chi connectivity index (χ2n) is 21.9. The van der Waals surface area contributed by atoms with E-state index in [4.69, 9.17) is 9.47 Å². The number of hydrogen-bond donors (Lipinski definition) is 0. The predicted octanol–water partition coefficient (Wildman–Crippen LogP) is 22.3. The fourth-order valence-corrected chi connectivity index (χ4v) is 13.2. The minimum Gasteiger partial charge on any atom is -0.453 e. The van der Waals surface area contributed by atoms with Crippen LogP contribution in [0, 0.1) is 41.5 Å². The number of aryl methyl sites for hydroxylation is 6. The topological polar surface area (TPSA) is 31.4 Å². The van der Waals surface area contributed by atoms with Crippen LogP contribution in [0.3, 0.4) is 0 Å². The highest BCUT2D eigenvalue weighted by molar-refractivity contribution is 7.25. The number of rotatable bonds is 8. The molecule has 6 nitrogen and oxygen atoms in total. The first kappa shape index (κ1) is 48.3. The summed E-state index contributed by atoms with van der Waals surface area (Å²) in [4.78, 5) is 9.58. The number of anilines is 12. The summed E-state index contributed by atoms with van der Waals surface area (Å²) in [5.74, 6) is 3.12. The summed E-state index contributed by atoms with van der Waals surface area (Å²) in [6.07, 6.45) is 0. The molecule has 0 spiro atoms. The van der Waals surface area contributed by atoms with Gasteiger partial charge in [-0.25, -0.2) is 0 Å². The van der Waals surface area contributed by atoms with Crippen molar-refractivity contribution in [3.8, 4) is 23.0 Å². The van der Waals surface area contributed by atoms with Crippen molar-refractivity contribution in [3.05, 3.63) is 264 Å². The lowest BCUT2D eigenvalue weighted by molar-refractivity contribution is 0.477. The number of para-hydroxylation sites is 2. The molecule has 81 heavy (non-hydrogen) atoms. The largest absolute Gasteiger partial charge is 0.453 e. The van der Waals surface area contributed by atoms with E-state index in [1.54, 1.807) is 0 Å². The first-order chi connectivity index (χ1) is 39.6. The summed E-state index contributed by atoms with van der Waals surface area (Å²) in [6, 6.07) is 84.2. The van der Waals surface area contributed by atoms with Gasteiger partial charge in [0.15, 0.2) is 23.0 Å². The van der Waals surface area contributed by atoms with Gasteiger partial charge in [0.2, 0.25) is 0 Å². The highest BCUT2D eigenvalue weighted by atomic mass is 32.1. The normalized spacial score (nSPS) is 12.5. The molecule has 0 aliphatic carbocycles. The first-order valence-electron chi connectivity index (χ1n) is 27.7. The molecule has 13 aromatic rings. The summed E-state index contributed by atoms with van der Waals surface area (Å²) in [6.45, 7) is 12.9. The van der Waals surface area contributed by atoms with Gasteiger partial charge in [0, 0.05) is 88.0 Å². The second-order valence-corrected chi connectivity index (χ2v) is 23.0. The van der Waals surface area contributed by atoms with Gasteiger partial charge in [-0.05, 0) is 157 Å². The summed E-state index contributed by atoms with van der Waals surface area (Å²) >= 11 is 1.83. The Bertz CT molecular complexity index is 4570. The van der Waals surface area contributed by atoms with E-state index in [0.29, 0.717) is 0 Å². The van der Waals surface area contributed by atoms with Crippen LogP contribution in [-0.4, -0.2) is 0 Å². The monoisotopic (exact) mass is 1060 g/mol. The Kier molecular flexibility index (Phi) is 11.3. The van der Waals surface area contributed by atoms with Gasteiger partial charge < -0.3 is 29.1 Å². The molecule has 0 saturated heterocycles. The van der Waals surface area contributed by atoms with Gasteiger partial charge in [-0.15, -0.1) is 11.3 Å². The van der Waals surface area contributed by atoms with Crippen molar-refractivity contribution in [2.24, 2.45) is 0 Å². The molecule has 1 aromatic heterocycles. The lowest BCUT2D eigenvalue weighted by Crippen LogP contribution is -2.20. The highest BCUT2D eigenvalue weighted by Gasteiger charge is 2.35. The van der Waals surface area contributed by atoms with Crippen LogP contribution in [0.25, 0.3) is 41.7 Å². The molecule has 7 heteroatoms. The highest BCUT2D eigenvalue weighted by Crippen LogP contribution is 2.61. The van der Waals surface area contributed by atoms with Gasteiger partial charge in [0.25, 0.3) is 0 Å². The van der Waals surface area contributed by atoms with Crippen molar-refractivity contribution in [3.63, 3.8) is 0 Å². The van der Waals surface area contributed by atoms with E-state index in [2.05, 4.69) is 292 Å². The van der Waals surface area contributed by atoms with Gasteiger partial charge in [-0.3, -0.25) is 0 Å². The van der Waals surface area contributed by atoms with Crippen LogP contribution in [0.2, 0.25) is 0 Å². The SMILES string of the molecule is Cc1ccc(N(c2ccc(C)cc2)c2ccc3c(c2)Oc2ccccc2N3c2c3ccc(C)cc3c(N3c4ccc(N(c5ccc(C)cc5)c5ccc(C)cc5)cc4Oc4cc5c(cc43)sc3ccccc35)c3ccc(C)cc23)cc1. The van der Waals surface area contributed by atoms with Crippen molar-refractivity contribution in [2.45, 2.75) is 41.5 Å². The Morgan fingerprint density at radius 3 is 1.17 bits per heavy atom. The third-order valence-electron chi connectivity index (χ3n) is 16.1. The van der Waals surface area contributed by atoms with Crippen molar-refractivity contribution in [1.82, 2.24) is 0 Å². The van der Waals surface area contributed by atoms with E-state index < -0.39 is 0 Å². The molecule has 0 radical (unpaired) electrons. The Balaban J connectivity index is 0.975. The Morgan fingerprint density at radius 1 is 0.272 bits per heavy atom. The fourth-order valence-electron chi connectivity index (χ4n) is 12.1. The summed E-state index contributed by atoms with van der Waals surface area (Å²) in [5.41, 5.74) is 19.5. The average Bonchev–Trinajstić information content (AvgIpc) is 3.94. The maximum Gasteiger partial charge on any atom is 0.153 e. The molecule has 0 saturated carbocycles. The zero-order valence-corrected chi connectivity index (χ0v) is 46.8. The Labute approximate surface area is 476 Å². The number of thiophene rings is 1. The summed E-state index contributed by atoms with van der Waals surface area (Å²) in [7, 11) is 0. The van der Waals surface area contributed by atoms with E-state index in [0.717, 1.165) is 124 Å². The average molecular weight is 1070 g/mol. The second kappa shape index (κ2) is 18.9. The molecule has 0 amide bonds. The number of ether oxygens (including phenoxy) is 2. The predicted molar refractivity (Wildman–Crippen MR) is 342 cm³/mol.